The number of aromatic nitrogens is 1. The number of para-hydroxylation sites is 2. The smallest absolute Gasteiger partial charge is 0.153 e. The molecule has 3 aromatic rings. The molecular weight excluding hydrogens is 302 g/mol. The first-order chi connectivity index (χ1) is 11.0. The maximum absolute atomic E-state index is 5.99. The van der Waals surface area contributed by atoms with E-state index < -0.39 is 10.0 Å². The second kappa shape index (κ2) is 6.36. The van der Waals surface area contributed by atoms with Gasteiger partial charge >= 0.3 is 0 Å². The van der Waals surface area contributed by atoms with Crippen LogP contribution in [0, 0.1) is 11.2 Å². The highest BCUT2D eigenvalue weighted by molar-refractivity contribution is 8.35. The molecule has 23 heavy (non-hydrogen) atoms. The second-order valence-corrected chi connectivity index (χ2v) is 9.88. The maximum Gasteiger partial charge on any atom is 0.153 e. The highest BCUT2D eigenvalue weighted by Crippen LogP contribution is 2.32. The summed E-state index contributed by atoms with van der Waals surface area (Å²) in [5, 5.41) is 4.35. The Morgan fingerprint density at radius 3 is 2.39 bits per heavy atom. The molecule has 2 aromatic carbocycles. The van der Waals surface area contributed by atoms with E-state index in [0.717, 1.165) is 28.1 Å². The van der Waals surface area contributed by atoms with Gasteiger partial charge in [0.05, 0.1) is 0 Å². The zero-order valence-electron chi connectivity index (χ0n) is 13.5. The van der Waals surface area contributed by atoms with Gasteiger partial charge in [-0.15, -0.1) is 0 Å². The summed E-state index contributed by atoms with van der Waals surface area (Å²) in [6, 6.07) is 19.7. The SMILES string of the molecule is CS(C)(C)C#Cc1ccc2cccc(Oc3ccccc3)c2n1. The largest absolute Gasteiger partial charge is 0.455 e. The Labute approximate surface area is 138 Å². The van der Waals surface area contributed by atoms with Crippen molar-refractivity contribution in [2.45, 2.75) is 0 Å². The number of pyridine rings is 1. The fourth-order valence-electron chi connectivity index (χ4n) is 2.09. The summed E-state index contributed by atoms with van der Waals surface area (Å²) in [6.45, 7) is 0. The lowest BCUT2D eigenvalue weighted by molar-refractivity contribution is 0.487. The van der Waals surface area contributed by atoms with Crippen molar-refractivity contribution in [3.05, 3.63) is 66.4 Å². The number of nitrogens with zero attached hydrogens (tertiary/aromatic N) is 1. The molecule has 3 heteroatoms. The molecular formula is C20H19NOS. The van der Waals surface area contributed by atoms with E-state index in [1.807, 2.05) is 60.7 Å². The Hall–Kier alpha value is -2.44. The highest BCUT2D eigenvalue weighted by Gasteiger charge is 2.06. The summed E-state index contributed by atoms with van der Waals surface area (Å²) < 4.78 is 5.99. The molecule has 2 nitrogen and oxygen atoms in total. The Bertz CT molecular complexity index is 886. The summed E-state index contributed by atoms with van der Waals surface area (Å²) >= 11 is 0. The number of fused-ring (bicyclic) bond motifs is 1. The first kappa shape index (κ1) is 15.5. The number of hydrogen-bond acceptors (Lipinski definition) is 2. The molecule has 3 rings (SSSR count). The zero-order valence-corrected chi connectivity index (χ0v) is 14.4. The molecule has 116 valence electrons. The first-order valence-electron chi connectivity index (χ1n) is 7.35. The molecule has 0 bridgehead atoms. The van der Waals surface area contributed by atoms with E-state index in [1.165, 1.54) is 0 Å². The molecule has 0 aliphatic heterocycles. The van der Waals surface area contributed by atoms with Crippen molar-refractivity contribution in [3.63, 3.8) is 0 Å². The monoisotopic (exact) mass is 321 g/mol. The van der Waals surface area contributed by atoms with Gasteiger partial charge in [-0.05, 0) is 60.3 Å². The third kappa shape index (κ3) is 4.06. The minimum absolute atomic E-state index is 0.750. The molecule has 0 saturated carbocycles. The topological polar surface area (TPSA) is 22.1 Å². The van der Waals surface area contributed by atoms with Crippen LogP contribution in [0.2, 0.25) is 0 Å². The second-order valence-electron chi connectivity index (χ2n) is 6.00. The standard InChI is InChI=1S/C20H19NOS/c1-23(2,3)15-14-17-13-12-16-8-7-11-19(20(16)21-17)22-18-9-5-4-6-10-18/h4-13H,1-3H3. The Balaban J connectivity index is 2.03. The number of hydrogen-bond donors (Lipinski definition) is 0. The number of rotatable bonds is 2. The van der Waals surface area contributed by atoms with E-state index in [4.69, 9.17) is 4.74 Å². The third-order valence-corrected chi connectivity index (χ3v) is 3.85. The van der Waals surface area contributed by atoms with Crippen molar-refractivity contribution in [3.8, 4) is 22.7 Å². The first-order valence-corrected chi connectivity index (χ1v) is 10.2. The molecule has 0 aliphatic carbocycles. The van der Waals surface area contributed by atoms with Crippen LogP contribution in [-0.2, 0) is 0 Å². The van der Waals surface area contributed by atoms with Gasteiger partial charge in [0.1, 0.15) is 17.0 Å². The summed E-state index contributed by atoms with van der Waals surface area (Å²) in [4.78, 5) is 4.69. The average Bonchev–Trinajstić information content (AvgIpc) is 2.53. The summed E-state index contributed by atoms with van der Waals surface area (Å²) in [5.41, 5.74) is 1.62. The van der Waals surface area contributed by atoms with E-state index >= 15 is 0 Å². The average molecular weight is 321 g/mol. The molecule has 0 spiro atoms. The highest BCUT2D eigenvalue weighted by atomic mass is 32.3. The Morgan fingerprint density at radius 2 is 1.65 bits per heavy atom. The van der Waals surface area contributed by atoms with E-state index in [0.29, 0.717) is 0 Å². The van der Waals surface area contributed by atoms with Gasteiger partial charge in [-0.25, -0.2) is 4.98 Å². The van der Waals surface area contributed by atoms with Crippen LogP contribution in [0.25, 0.3) is 10.9 Å². The van der Waals surface area contributed by atoms with E-state index in [2.05, 4.69) is 34.9 Å². The molecule has 0 unspecified atom stereocenters. The Morgan fingerprint density at radius 1 is 0.870 bits per heavy atom. The lowest BCUT2D eigenvalue weighted by Crippen LogP contribution is -1.91. The summed E-state index contributed by atoms with van der Waals surface area (Å²) in [5.74, 6) is 4.74. The van der Waals surface area contributed by atoms with E-state index in [-0.39, 0.29) is 0 Å². The van der Waals surface area contributed by atoms with Gasteiger partial charge in [-0.2, -0.15) is 10.0 Å². The van der Waals surface area contributed by atoms with Crippen LogP contribution < -0.4 is 4.74 Å². The third-order valence-electron chi connectivity index (χ3n) is 3.14. The molecule has 0 aliphatic rings. The van der Waals surface area contributed by atoms with Crippen molar-refractivity contribution in [1.82, 2.24) is 4.98 Å². The van der Waals surface area contributed by atoms with Gasteiger partial charge in [0.25, 0.3) is 0 Å². The van der Waals surface area contributed by atoms with Crippen LogP contribution in [0.5, 0.6) is 11.5 Å². The van der Waals surface area contributed by atoms with Crippen molar-refractivity contribution in [1.29, 1.82) is 0 Å². The van der Waals surface area contributed by atoms with Gasteiger partial charge in [-0.1, -0.05) is 30.3 Å². The number of benzene rings is 2. The van der Waals surface area contributed by atoms with Crippen LogP contribution >= 0.6 is 10.0 Å². The molecule has 0 amide bonds. The van der Waals surface area contributed by atoms with Crippen molar-refractivity contribution in [2.24, 2.45) is 0 Å². The van der Waals surface area contributed by atoms with Gasteiger partial charge in [-0.3, -0.25) is 0 Å². The van der Waals surface area contributed by atoms with E-state index in [9.17, 15) is 0 Å². The predicted molar refractivity (Wildman–Crippen MR) is 101 cm³/mol. The van der Waals surface area contributed by atoms with Crippen LogP contribution in [0.15, 0.2) is 60.7 Å². The molecule has 0 saturated heterocycles. The van der Waals surface area contributed by atoms with Crippen molar-refractivity contribution >= 4 is 20.9 Å². The molecule has 0 fully saturated rings. The number of ether oxygens (including phenoxy) is 1. The minimum Gasteiger partial charge on any atom is -0.455 e. The van der Waals surface area contributed by atoms with Gasteiger partial charge in [0.15, 0.2) is 5.75 Å². The maximum atomic E-state index is 5.99. The van der Waals surface area contributed by atoms with Gasteiger partial charge < -0.3 is 4.74 Å². The minimum atomic E-state index is -0.867. The summed E-state index contributed by atoms with van der Waals surface area (Å²) in [7, 11) is -0.867. The zero-order chi connectivity index (χ0) is 16.3. The molecule has 0 atom stereocenters. The lowest BCUT2D eigenvalue weighted by Gasteiger charge is -2.14. The molecule has 0 radical (unpaired) electrons. The molecule has 1 heterocycles. The van der Waals surface area contributed by atoms with Gasteiger partial charge in [0, 0.05) is 5.39 Å². The Kier molecular flexibility index (Phi) is 4.27. The van der Waals surface area contributed by atoms with Crippen LogP contribution in [-0.4, -0.2) is 23.8 Å². The molecule has 1 aromatic heterocycles. The lowest BCUT2D eigenvalue weighted by atomic mass is 10.2. The fourth-order valence-corrected chi connectivity index (χ4v) is 2.50. The quantitative estimate of drug-likeness (QED) is 0.618. The van der Waals surface area contributed by atoms with Crippen LogP contribution in [0.3, 0.4) is 0 Å². The summed E-state index contributed by atoms with van der Waals surface area (Å²) in [6.07, 6.45) is 6.51. The fraction of sp³-hybridized carbons (Fsp3) is 0.150. The van der Waals surface area contributed by atoms with Crippen molar-refractivity contribution in [2.75, 3.05) is 18.8 Å². The van der Waals surface area contributed by atoms with Crippen LogP contribution in [0.1, 0.15) is 5.69 Å². The van der Waals surface area contributed by atoms with Crippen molar-refractivity contribution < 1.29 is 4.74 Å². The van der Waals surface area contributed by atoms with Gasteiger partial charge in [0.2, 0.25) is 0 Å². The van der Waals surface area contributed by atoms with E-state index in [1.54, 1.807) is 0 Å². The normalized spacial score (nSPS) is 11.6. The predicted octanol–water partition coefficient (Wildman–Crippen LogP) is 5.03. The van der Waals surface area contributed by atoms with Crippen LogP contribution in [0.4, 0.5) is 0 Å². The molecule has 0 N–H and O–H groups in total.